The van der Waals surface area contributed by atoms with E-state index < -0.39 is 143 Å². The van der Waals surface area contributed by atoms with Gasteiger partial charge in [0, 0.05) is 13.6 Å². The van der Waals surface area contributed by atoms with Crippen LogP contribution in [0.15, 0.2) is 48.5 Å². The SMILES string of the molecule is CCC(C)(C)C(=O)O.CCC(C)(C)C(=O)OC(C)(C)C.CCC(C)(C)C(=O)OC(C)C(F)(F)F.CCC(C)(C)C(=O)OC(C)C(F)(F)F.CCC(C)(C)C(=O)OC(C)C(F)(F)F.CCC(C)(C)c1ccc(C(C)(C)C)cc1.CCC(C)(c1ccc(C(C)(C)C)cc1)C(F)(F)F.CCC(C)C[Si](C)(C)C.CCC(C)c1c(F)c(F)c(F)c(F)c1F.CCCCC(CC)COC(=O)C(C)(C)CC. The Morgan fingerprint density at radius 1 is 0.356 bits per heavy atom. The molecule has 3 aromatic rings. The fourth-order valence-corrected chi connectivity index (χ4v) is 12.1. The summed E-state index contributed by atoms with van der Waals surface area (Å²) in [5.74, 6) is -11.9. The number of hydrogen-bond acceptors (Lipinski definition) is 11. The van der Waals surface area contributed by atoms with Gasteiger partial charge in [-0.2, -0.15) is 52.7 Å². The maximum Gasteiger partial charge on any atom is 0.425 e. The number of aliphatic carboxylic acids is 1. The summed E-state index contributed by atoms with van der Waals surface area (Å²) in [6, 6.07) is 17.4. The molecule has 1 N–H and O–H groups in total. The minimum Gasteiger partial charge on any atom is -0.481 e. The molecule has 794 valence electrons. The van der Waals surface area contributed by atoms with Gasteiger partial charge in [-0.15, -0.1) is 0 Å². The van der Waals surface area contributed by atoms with Crippen LogP contribution in [0.3, 0.4) is 0 Å². The predicted octanol–water partition coefficient (Wildman–Crippen LogP) is 34.4. The molecule has 0 amide bonds. The van der Waals surface area contributed by atoms with Crippen LogP contribution in [0.25, 0.3) is 0 Å². The van der Waals surface area contributed by atoms with Crippen molar-refractivity contribution in [1.29, 1.82) is 0 Å². The van der Waals surface area contributed by atoms with Gasteiger partial charge in [0.1, 0.15) is 5.60 Å². The number of rotatable bonds is 30. The Morgan fingerprint density at radius 3 is 0.844 bits per heavy atom. The van der Waals surface area contributed by atoms with E-state index >= 15 is 0 Å². The third-order valence-corrected chi connectivity index (χ3v) is 26.3. The smallest absolute Gasteiger partial charge is 0.425 e. The van der Waals surface area contributed by atoms with Crippen LogP contribution in [0.1, 0.15) is 407 Å². The molecule has 0 bridgehead atoms. The highest BCUT2D eigenvalue weighted by Gasteiger charge is 2.51. The fourth-order valence-electron chi connectivity index (χ4n) is 9.72. The number of carboxylic acid groups (broad SMARTS) is 1. The minimum atomic E-state index is -4.49. The van der Waals surface area contributed by atoms with Gasteiger partial charge >= 0.3 is 60.5 Å². The molecule has 0 spiro atoms. The standard InChI is InChI=1S/C15H21F3.C15H24.C14H28O2.C10H9F5.C10H20O2.3C9H15F3O2.C8H20Si.C6H12O2/c1-6-14(5,15(16,17)18)12-9-7-11(8-10-12)13(2,3)4;1-7-15(5,6)13-10-8-12(9-11-13)14(2,3)4;1-6-9-10-12(7-2)11-16-13(15)14(4,5)8-3;1-3-4(2)5-6(11)8(13)10(15)9(14)7(5)12;1-7-10(5,6)8(11)12-9(2,3)4;3*1-5-8(3,4)7(13)14-6(2)9(10,11)12;1-6-8(2)7-9(3,4)5;1-4-6(2,3)5(7)8/h7-10H,6H2,1-5H3;8-11H,7H2,1-6H3;12H,6-11H2,1-5H3;4H,3H2,1-2H3;7H2,1-6H3;3*6H,5H2,1-4H3;8H,6-7H2,1-5H3;4H2,1-3H3,(H,7,8). The van der Waals surface area contributed by atoms with Gasteiger partial charge in [-0.3, -0.25) is 28.8 Å². The number of ether oxygens (including phenoxy) is 5. The van der Waals surface area contributed by atoms with E-state index in [0.29, 0.717) is 55.6 Å². The molecular formula is C105H179F17O12Si. The van der Waals surface area contributed by atoms with Crippen LogP contribution in [0, 0.1) is 73.4 Å². The molecule has 0 saturated heterocycles. The molecule has 0 fully saturated rings. The van der Waals surface area contributed by atoms with Gasteiger partial charge in [0.2, 0.25) is 5.82 Å². The summed E-state index contributed by atoms with van der Waals surface area (Å²) in [4.78, 5) is 67.2. The van der Waals surface area contributed by atoms with Crippen molar-refractivity contribution in [2.45, 2.75) is 476 Å². The van der Waals surface area contributed by atoms with Crippen molar-refractivity contribution in [3.63, 3.8) is 0 Å². The molecular weight excluding hydrogens is 1800 g/mol. The van der Waals surface area contributed by atoms with Crippen LogP contribution in [-0.2, 0) is 74.1 Å². The number of unbranched alkanes of at least 4 members (excludes halogenated alkanes) is 1. The van der Waals surface area contributed by atoms with Gasteiger partial charge < -0.3 is 28.8 Å². The second-order valence-corrected chi connectivity index (χ2v) is 49.2. The number of carboxylic acids is 1. The third-order valence-electron chi connectivity index (χ3n) is 24.4. The van der Waals surface area contributed by atoms with Crippen LogP contribution < -0.4 is 0 Å². The number of alkyl halides is 12. The molecule has 0 saturated carbocycles. The Balaban J connectivity index is -0.000000271. The highest BCUT2D eigenvalue weighted by atomic mass is 28.3. The zero-order chi connectivity index (χ0) is 109. The molecule has 0 aliphatic heterocycles. The Labute approximate surface area is 804 Å². The van der Waals surface area contributed by atoms with Crippen molar-refractivity contribution in [3.8, 4) is 0 Å². The lowest BCUT2D eigenvalue weighted by atomic mass is 9.77. The van der Waals surface area contributed by atoms with E-state index in [1.165, 1.54) is 63.1 Å². The topological polar surface area (TPSA) is 169 Å². The Morgan fingerprint density at radius 2 is 0.637 bits per heavy atom. The molecule has 0 aliphatic carbocycles. The summed E-state index contributed by atoms with van der Waals surface area (Å²) >= 11 is 0. The molecule has 7 atom stereocenters. The highest BCUT2D eigenvalue weighted by Crippen LogP contribution is 2.44. The Kier molecular flexibility index (Phi) is 62.8. The lowest BCUT2D eigenvalue weighted by Crippen LogP contribution is -2.38. The van der Waals surface area contributed by atoms with Crippen LogP contribution in [0.4, 0.5) is 74.6 Å². The molecule has 30 heteroatoms. The summed E-state index contributed by atoms with van der Waals surface area (Å²) < 4.78 is 236. The van der Waals surface area contributed by atoms with E-state index in [1.807, 2.05) is 90.0 Å². The van der Waals surface area contributed by atoms with Gasteiger partial charge in [0.05, 0.1) is 44.5 Å². The lowest BCUT2D eigenvalue weighted by Gasteiger charge is -2.32. The zero-order valence-electron chi connectivity index (χ0n) is 90.8. The zero-order valence-corrected chi connectivity index (χ0v) is 91.8. The van der Waals surface area contributed by atoms with Crippen molar-refractivity contribution in [2.24, 2.45) is 44.3 Å². The van der Waals surface area contributed by atoms with Crippen LogP contribution in [-0.4, -0.2) is 104 Å². The predicted molar refractivity (Wildman–Crippen MR) is 517 cm³/mol. The van der Waals surface area contributed by atoms with E-state index in [4.69, 9.17) is 14.6 Å². The average molecular weight is 1980 g/mol. The van der Waals surface area contributed by atoms with Crippen molar-refractivity contribution in [2.75, 3.05) is 6.61 Å². The maximum absolute atomic E-state index is 13.1. The molecule has 135 heavy (non-hydrogen) atoms. The molecule has 0 heterocycles. The summed E-state index contributed by atoms with van der Waals surface area (Å²) in [6.45, 7) is 82.2. The quantitative estimate of drug-likeness (QED) is 0.0168. The first-order valence-corrected chi connectivity index (χ1v) is 51.1. The Bertz CT molecular complexity index is 3730. The summed E-state index contributed by atoms with van der Waals surface area (Å²) in [5.41, 5.74) is -1.92. The maximum atomic E-state index is 13.1. The molecule has 3 rings (SSSR count). The van der Waals surface area contributed by atoms with Crippen LogP contribution >= 0.6 is 0 Å². The highest BCUT2D eigenvalue weighted by molar-refractivity contribution is 6.76. The second kappa shape index (κ2) is 59.9. The van der Waals surface area contributed by atoms with Gasteiger partial charge in [-0.25, -0.2) is 22.0 Å². The van der Waals surface area contributed by atoms with E-state index in [1.54, 1.807) is 114 Å². The van der Waals surface area contributed by atoms with E-state index in [-0.39, 0.29) is 45.6 Å². The molecule has 7 unspecified atom stereocenters. The minimum absolute atomic E-state index is 0.0423. The number of hydrogen-bond donors (Lipinski definition) is 1. The normalized spacial score (nSPS) is 14.2. The summed E-state index contributed by atoms with van der Waals surface area (Å²) in [7, 11) is -0.741. The number of carbonyl (C=O) groups excluding carboxylic acids is 5. The van der Waals surface area contributed by atoms with Crippen LogP contribution in [0.2, 0.25) is 25.7 Å². The first-order chi connectivity index (χ1) is 60.2. The number of benzene rings is 3. The van der Waals surface area contributed by atoms with E-state index in [0.717, 1.165) is 51.5 Å². The van der Waals surface area contributed by atoms with Gasteiger partial charge in [0.25, 0.3) is 0 Å². The average Bonchev–Trinajstić information content (AvgIpc) is 0.787. The van der Waals surface area contributed by atoms with Crippen LogP contribution in [0.5, 0.6) is 0 Å². The van der Waals surface area contributed by atoms with E-state index in [2.05, 4.69) is 127 Å². The molecule has 0 radical (unpaired) electrons. The monoisotopic (exact) mass is 1980 g/mol. The van der Waals surface area contributed by atoms with Gasteiger partial charge in [-0.05, 0) is 252 Å². The first-order valence-electron chi connectivity index (χ1n) is 47.4. The molecule has 12 nitrogen and oxygen atoms in total. The number of esters is 5. The Hall–Kier alpha value is -6.49. The van der Waals surface area contributed by atoms with Gasteiger partial charge in [-0.1, -0.05) is 252 Å². The number of halogens is 17. The van der Waals surface area contributed by atoms with E-state index in [9.17, 15) is 103 Å². The molecule has 3 aromatic carbocycles. The fraction of sp³-hybridized carbons (Fsp3) is 0.771. The lowest BCUT2D eigenvalue weighted by molar-refractivity contribution is -0.221. The van der Waals surface area contributed by atoms with Crippen molar-refractivity contribution in [1.82, 2.24) is 0 Å². The van der Waals surface area contributed by atoms with Gasteiger partial charge in [0.15, 0.2) is 41.6 Å². The molecule has 0 aromatic heterocycles. The van der Waals surface area contributed by atoms with Crippen molar-refractivity contribution >= 4 is 43.9 Å². The summed E-state index contributed by atoms with van der Waals surface area (Å²) in [6.07, 6.45) is -12.6. The largest absolute Gasteiger partial charge is 0.481 e. The summed E-state index contributed by atoms with van der Waals surface area (Å²) in [5, 5.41) is 8.44. The third kappa shape index (κ3) is 55.9. The first kappa shape index (κ1) is 142. The second-order valence-electron chi connectivity index (χ2n) is 43.7. The van der Waals surface area contributed by atoms with Crippen molar-refractivity contribution in [3.05, 3.63) is 105 Å². The molecule has 0 aliphatic rings. The number of carbonyl (C=O) groups is 6. The van der Waals surface area contributed by atoms with Crippen molar-refractivity contribution < 1.29 is 132 Å².